The quantitative estimate of drug-likeness (QED) is 0.748. The van der Waals surface area contributed by atoms with Crippen LogP contribution in [0.15, 0.2) is 0 Å². The van der Waals surface area contributed by atoms with Gasteiger partial charge in [0.2, 0.25) is 0 Å². The maximum Gasteiger partial charge on any atom is 0.0484 e. The third-order valence-corrected chi connectivity index (χ3v) is 4.13. The second-order valence-electron chi connectivity index (χ2n) is 5.23. The van der Waals surface area contributed by atoms with Crippen molar-refractivity contribution in [3.8, 4) is 0 Å². The lowest BCUT2D eigenvalue weighted by Gasteiger charge is -2.48. The number of hydrogen-bond acceptors (Lipinski definition) is 3. The molecule has 2 rings (SSSR count). The van der Waals surface area contributed by atoms with Crippen molar-refractivity contribution in [2.45, 2.75) is 38.1 Å². The highest BCUT2D eigenvalue weighted by Gasteiger charge is 2.38. The first-order valence-corrected chi connectivity index (χ1v) is 6.30. The predicted octanol–water partition coefficient (Wildman–Crippen LogP) is 1.23. The molecule has 1 unspecified atom stereocenters. The van der Waals surface area contributed by atoms with Gasteiger partial charge in [0.05, 0.1) is 0 Å². The molecule has 0 aromatic rings. The van der Waals surface area contributed by atoms with Crippen LogP contribution >= 0.6 is 0 Å². The van der Waals surface area contributed by atoms with Gasteiger partial charge in [0, 0.05) is 31.8 Å². The lowest BCUT2D eigenvalue weighted by molar-refractivity contribution is -0.0392. The van der Waals surface area contributed by atoms with E-state index in [0.717, 1.165) is 38.5 Å². The van der Waals surface area contributed by atoms with E-state index in [2.05, 4.69) is 11.8 Å². The van der Waals surface area contributed by atoms with E-state index in [1.807, 2.05) is 0 Å². The third kappa shape index (κ3) is 2.35. The van der Waals surface area contributed by atoms with Gasteiger partial charge in [-0.15, -0.1) is 0 Å². The van der Waals surface area contributed by atoms with Crippen molar-refractivity contribution >= 4 is 0 Å². The van der Waals surface area contributed by atoms with Crippen LogP contribution in [0.2, 0.25) is 0 Å². The van der Waals surface area contributed by atoms with E-state index in [9.17, 15) is 0 Å². The molecule has 0 bridgehead atoms. The van der Waals surface area contributed by atoms with E-state index in [1.165, 1.54) is 25.9 Å². The molecule has 1 atom stereocenters. The van der Waals surface area contributed by atoms with Crippen LogP contribution in [0.3, 0.4) is 0 Å². The summed E-state index contributed by atoms with van der Waals surface area (Å²) in [4.78, 5) is 2.64. The Hall–Kier alpha value is -0.120. The van der Waals surface area contributed by atoms with Gasteiger partial charge in [0.15, 0.2) is 0 Å². The minimum Gasteiger partial charge on any atom is -0.381 e. The molecule has 3 heteroatoms. The van der Waals surface area contributed by atoms with Gasteiger partial charge in [-0.25, -0.2) is 0 Å². The van der Waals surface area contributed by atoms with E-state index in [-0.39, 0.29) is 5.54 Å². The third-order valence-electron chi connectivity index (χ3n) is 4.13. The number of likely N-dealkylation sites (tertiary alicyclic amines) is 1. The molecule has 2 N–H and O–H groups in total. The number of piperidine rings is 1. The summed E-state index contributed by atoms with van der Waals surface area (Å²) in [5.74, 6) is 0.838. The minimum atomic E-state index is 0.257. The van der Waals surface area contributed by atoms with E-state index in [4.69, 9.17) is 10.5 Å². The molecule has 2 saturated heterocycles. The molecule has 2 fully saturated rings. The fraction of sp³-hybridized carbons (Fsp3) is 1.00. The second kappa shape index (κ2) is 4.81. The van der Waals surface area contributed by atoms with Crippen molar-refractivity contribution in [3.05, 3.63) is 0 Å². The maximum absolute atomic E-state index is 6.02. The highest BCUT2D eigenvalue weighted by molar-refractivity contribution is 4.95. The van der Waals surface area contributed by atoms with E-state index in [1.54, 1.807) is 0 Å². The smallest absolute Gasteiger partial charge is 0.0484 e. The Morgan fingerprint density at radius 2 is 2.13 bits per heavy atom. The fourth-order valence-electron chi connectivity index (χ4n) is 3.02. The summed E-state index contributed by atoms with van der Waals surface area (Å²) in [6, 6.07) is 0. The van der Waals surface area contributed by atoms with Gasteiger partial charge >= 0.3 is 0 Å². The first-order valence-electron chi connectivity index (χ1n) is 6.30. The molecule has 0 spiro atoms. The predicted molar refractivity (Wildman–Crippen MR) is 61.8 cm³/mol. The van der Waals surface area contributed by atoms with E-state index < -0.39 is 0 Å². The Labute approximate surface area is 93.0 Å². The van der Waals surface area contributed by atoms with Crippen LogP contribution in [-0.4, -0.2) is 43.3 Å². The van der Waals surface area contributed by atoms with Crippen LogP contribution in [0.25, 0.3) is 0 Å². The largest absolute Gasteiger partial charge is 0.381 e. The summed E-state index contributed by atoms with van der Waals surface area (Å²) in [5, 5.41) is 0. The number of hydrogen-bond donors (Lipinski definition) is 1. The van der Waals surface area contributed by atoms with Gasteiger partial charge in [0.1, 0.15) is 0 Å². The van der Waals surface area contributed by atoms with Gasteiger partial charge in [0.25, 0.3) is 0 Å². The monoisotopic (exact) mass is 212 g/mol. The molecule has 0 saturated carbocycles. The minimum absolute atomic E-state index is 0.257. The normalized spacial score (nSPS) is 32.8. The van der Waals surface area contributed by atoms with Crippen molar-refractivity contribution in [3.63, 3.8) is 0 Å². The van der Waals surface area contributed by atoms with Crippen molar-refractivity contribution in [2.24, 2.45) is 11.7 Å². The van der Waals surface area contributed by atoms with E-state index in [0.29, 0.717) is 0 Å². The van der Waals surface area contributed by atoms with Crippen molar-refractivity contribution in [1.82, 2.24) is 4.90 Å². The fourth-order valence-corrected chi connectivity index (χ4v) is 3.02. The standard InChI is InChI=1S/C12H24N2O/c1-11-3-2-6-14(9-11)12(10-13)4-7-15-8-5-12/h11H,2-10,13H2,1H3. The van der Waals surface area contributed by atoms with Crippen LogP contribution in [0.1, 0.15) is 32.6 Å². The van der Waals surface area contributed by atoms with Crippen molar-refractivity contribution < 1.29 is 4.74 Å². The zero-order valence-corrected chi connectivity index (χ0v) is 9.87. The Kier molecular flexibility index (Phi) is 3.65. The van der Waals surface area contributed by atoms with Crippen LogP contribution in [0.5, 0.6) is 0 Å². The Bertz CT molecular complexity index is 202. The second-order valence-corrected chi connectivity index (χ2v) is 5.23. The molecular weight excluding hydrogens is 188 g/mol. The zero-order chi connectivity index (χ0) is 10.7. The molecule has 15 heavy (non-hydrogen) atoms. The highest BCUT2D eigenvalue weighted by Crippen LogP contribution is 2.31. The molecular formula is C12H24N2O. The lowest BCUT2D eigenvalue weighted by atomic mass is 9.85. The van der Waals surface area contributed by atoms with Gasteiger partial charge in [-0.05, 0) is 38.1 Å². The van der Waals surface area contributed by atoms with E-state index >= 15 is 0 Å². The number of rotatable bonds is 2. The Morgan fingerprint density at radius 3 is 2.73 bits per heavy atom. The summed E-state index contributed by atoms with van der Waals surface area (Å²) in [6.07, 6.45) is 4.96. The molecule has 2 heterocycles. The van der Waals surface area contributed by atoms with Gasteiger partial charge in [-0.3, -0.25) is 4.90 Å². The van der Waals surface area contributed by atoms with Crippen LogP contribution in [0.4, 0.5) is 0 Å². The SMILES string of the molecule is CC1CCCN(C2(CN)CCOCC2)C1. The molecule has 0 aromatic heterocycles. The zero-order valence-electron chi connectivity index (χ0n) is 9.87. The summed E-state index contributed by atoms with van der Waals surface area (Å²) < 4.78 is 5.46. The first kappa shape index (κ1) is 11.4. The van der Waals surface area contributed by atoms with Crippen LogP contribution < -0.4 is 5.73 Å². The van der Waals surface area contributed by atoms with Crippen molar-refractivity contribution in [2.75, 3.05) is 32.8 Å². The molecule has 0 aromatic carbocycles. The van der Waals surface area contributed by atoms with Gasteiger partial charge in [-0.1, -0.05) is 6.92 Å². The molecule has 3 nitrogen and oxygen atoms in total. The molecule has 0 amide bonds. The summed E-state index contributed by atoms with van der Waals surface area (Å²) in [7, 11) is 0. The summed E-state index contributed by atoms with van der Waals surface area (Å²) in [6.45, 7) is 7.40. The molecule has 2 aliphatic heterocycles. The molecule has 88 valence electrons. The topological polar surface area (TPSA) is 38.5 Å². The average Bonchev–Trinajstić information content (AvgIpc) is 2.30. The first-order chi connectivity index (χ1) is 7.27. The number of nitrogens with two attached hydrogens (primary N) is 1. The van der Waals surface area contributed by atoms with Crippen LogP contribution in [-0.2, 0) is 4.74 Å². The Morgan fingerprint density at radius 1 is 1.40 bits per heavy atom. The van der Waals surface area contributed by atoms with Gasteiger partial charge in [-0.2, -0.15) is 0 Å². The summed E-state index contributed by atoms with van der Waals surface area (Å²) >= 11 is 0. The lowest BCUT2D eigenvalue weighted by Crippen LogP contribution is -2.59. The molecule has 0 radical (unpaired) electrons. The summed E-state index contributed by atoms with van der Waals surface area (Å²) in [5.41, 5.74) is 6.27. The molecule has 0 aliphatic carbocycles. The number of ether oxygens (including phenoxy) is 1. The highest BCUT2D eigenvalue weighted by atomic mass is 16.5. The molecule has 2 aliphatic rings. The number of nitrogens with zero attached hydrogens (tertiary/aromatic N) is 1. The van der Waals surface area contributed by atoms with Gasteiger partial charge < -0.3 is 10.5 Å². The average molecular weight is 212 g/mol. The van der Waals surface area contributed by atoms with Crippen molar-refractivity contribution in [1.29, 1.82) is 0 Å². The van der Waals surface area contributed by atoms with Crippen LogP contribution in [0, 0.1) is 5.92 Å². The maximum atomic E-state index is 6.02. The Balaban J connectivity index is 2.03.